The number of rotatable bonds is 2. The van der Waals surface area contributed by atoms with E-state index in [1.807, 2.05) is 6.92 Å². The zero-order chi connectivity index (χ0) is 13.3. The van der Waals surface area contributed by atoms with E-state index in [1.54, 1.807) is 24.3 Å². The van der Waals surface area contributed by atoms with Crippen LogP contribution < -0.4 is 5.73 Å². The lowest BCUT2D eigenvalue weighted by Gasteiger charge is -2.09. The molecule has 2 N–H and O–H groups in total. The summed E-state index contributed by atoms with van der Waals surface area (Å²) in [5, 5.41) is 0. The molecule has 1 unspecified atom stereocenters. The Labute approximate surface area is 103 Å². The largest absolute Gasteiger partial charge is 0.324 e. The number of hydrogen-bond donors (Lipinski definition) is 1. The highest BCUT2D eigenvalue weighted by atomic mass is 19.1. The van der Waals surface area contributed by atoms with Crippen molar-refractivity contribution in [1.29, 1.82) is 0 Å². The summed E-state index contributed by atoms with van der Waals surface area (Å²) >= 11 is 0. The van der Waals surface area contributed by atoms with Crippen LogP contribution in [-0.2, 0) is 0 Å². The SMILES string of the molecule is CC(N)c1ccc(-c2c(F)cc(F)cc2F)cc1. The monoisotopic (exact) mass is 251 g/mol. The fourth-order valence-electron chi connectivity index (χ4n) is 1.77. The third-order valence-corrected chi connectivity index (χ3v) is 2.73. The second kappa shape index (κ2) is 4.82. The minimum atomic E-state index is -0.930. The highest BCUT2D eigenvalue weighted by Crippen LogP contribution is 2.27. The normalized spacial score (nSPS) is 12.5. The van der Waals surface area contributed by atoms with Gasteiger partial charge >= 0.3 is 0 Å². The average molecular weight is 251 g/mol. The Morgan fingerprint density at radius 3 is 1.89 bits per heavy atom. The number of benzene rings is 2. The Bertz CT molecular complexity index is 539. The van der Waals surface area contributed by atoms with Crippen LogP contribution in [0.15, 0.2) is 36.4 Å². The van der Waals surface area contributed by atoms with Crippen molar-refractivity contribution in [2.24, 2.45) is 5.73 Å². The molecule has 4 heteroatoms. The van der Waals surface area contributed by atoms with Gasteiger partial charge in [-0.1, -0.05) is 24.3 Å². The van der Waals surface area contributed by atoms with E-state index in [4.69, 9.17) is 5.73 Å². The molecule has 94 valence electrons. The predicted octanol–water partition coefficient (Wildman–Crippen LogP) is 3.79. The molecule has 1 nitrogen and oxygen atoms in total. The highest BCUT2D eigenvalue weighted by molar-refractivity contribution is 5.65. The van der Waals surface area contributed by atoms with E-state index in [0.717, 1.165) is 5.56 Å². The smallest absolute Gasteiger partial charge is 0.136 e. The molecule has 0 bridgehead atoms. The van der Waals surface area contributed by atoms with E-state index in [-0.39, 0.29) is 11.6 Å². The summed E-state index contributed by atoms with van der Waals surface area (Å²) in [6, 6.07) is 7.71. The first-order valence-corrected chi connectivity index (χ1v) is 5.49. The topological polar surface area (TPSA) is 26.0 Å². The molecule has 0 aliphatic carbocycles. The van der Waals surface area contributed by atoms with Crippen molar-refractivity contribution >= 4 is 0 Å². The van der Waals surface area contributed by atoms with Crippen molar-refractivity contribution in [3.63, 3.8) is 0 Å². The Morgan fingerprint density at radius 2 is 1.44 bits per heavy atom. The fourth-order valence-corrected chi connectivity index (χ4v) is 1.77. The summed E-state index contributed by atoms with van der Waals surface area (Å²) < 4.78 is 39.9. The number of hydrogen-bond acceptors (Lipinski definition) is 1. The molecule has 0 aliphatic rings. The third kappa shape index (κ3) is 2.38. The summed E-state index contributed by atoms with van der Waals surface area (Å²) in [4.78, 5) is 0. The molecule has 1 atom stereocenters. The van der Waals surface area contributed by atoms with E-state index in [0.29, 0.717) is 17.7 Å². The summed E-state index contributed by atoms with van der Waals surface area (Å²) in [7, 11) is 0. The van der Waals surface area contributed by atoms with Gasteiger partial charge in [0.2, 0.25) is 0 Å². The summed E-state index contributed by atoms with van der Waals surface area (Å²) in [5.74, 6) is -2.76. The average Bonchev–Trinajstić information content (AvgIpc) is 2.28. The van der Waals surface area contributed by atoms with Gasteiger partial charge in [-0.15, -0.1) is 0 Å². The molecule has 0 aromatic heterocycles. The van der Waals surface area contributed by atoms with E-state index < -0.39 is 17.5 Å². The molecule has 0 aliphatic heterocycles. The van der Waals surface area contributed by atoms with Crippen LogP contribution in [0.4, 0.5) is 13.2 Å². The zero-order valence-electron chi connectivity index (χ0n) is 9.75. The van der Waals surface area contributed by atoms with Gasteiger partial charge in [-0.2, -0.15) is 0 Å². The number of nitrogens with two attached hydrogens (primary N) is 1. The molecule has 2 aromatic carbocycles. The Hall–Kier alpha value is -1.81. The van der Waals surface area contributed by atoms with Gasteiger partial charge in [-0.3, -0.25) is 0 Å². The van der Waals surface area contributed by atoms with Gasteiger partial charge in [0.25, 0.3) is 0 Å². The second-order valence-corrected chi connectivity index (χ2v) is 4.16. The van der Waals surface area contributed by atoms with Crippen molar-refractivity contribution in [3.8, 4) is 11.1 Å². The molecular formula is C14H12F3N. The van der Waals surface area contributed by atoms with E-state index >= 15 is 0 Å². The lowest BCUT2D eigenvalue weighted by atomic mass is 10.0. The Morgan fingerprint density at radius 1 is 0.944 bits per heavy atom. The molecule has 0 saturated carbocycles. The van der Waals surface area contributed by atoms with Gasteiger partial charge in [0.15, 0.2) is 0 Å². The molecule has 0 spiro atoms. The van der Waals surface area contributed by atoms with Crippen LogP contribution in [0.5, 0.6) is 0 Å². The standard InChI is InChI=1S/C14H12F3N/c1-8(18)9-2-4-10(5-3-9)14-12(16)6-11(15)7-13(14)17/h2-8H,18H2,1H3. The maximum absolute atomic E-state index is 13.6. The lowest BCUT2D eigenvalue weighted by molar-refractivity contribution is 0.548. The van der Waals surface area contributed by atoms with Crippen molar-refractivity contribution in [3.05, 3.63) is 59.4 Å². The van der Waals surface area contributed by atoms with Gasteiger partial charge in [0.1, 0.15) is 17.5 Å². The maximum atomic E-state index is 13.6. The molecular weight excluding hydrogens is 239 g/mol. The molecule has 0 fully saturated rings. The van der Waals surface area contributed by atoms with Crippen LogP contribution in [-0.4, -0.2) is 0 Å². The van der Waals surface area contributed by atoms with Crippen LogP contribution in [0.2, 0.25) is 0 Å². The number of halogens is 3. The van der Waals surface area contributed by atoms with Gasteiger partial charge in [-0.05, 0) is 18.1 Å². The first-order valence-electron chi connectivity index (χ1n) is 5.49. The summed E-state index contributed by atoms with van der Waals surface area (Å²) in [6.45, 7) is 1.81. The molecule has 2 aromatic rings. The fraction of sp³-hybridized carbons (Fsp3) is 0.143. The Balaban J connectivity index is 2.49. The van der Waals surface area contributed by atoms with Crippen molar-refractivity contribution in [1.82, 2.24) is 0 Å². The highest BCUT2D eigenvalue weighted by Gasteiger charge is 2.13. The van der Waals surface area contributed by atoms with E-state index in [1.165, 1.54) is 0 Å². The first-order chi connectivity index (χ1) is 8.49. The lowest BCUT2D eigenvalue weighted by Crippen LogP contribution is -2.04. The van der Waals surface area contributed by atoms with Crippen LogP contribution in [0.1, 0.15) is 18.5 Å². The quantitative estimate of drug-likeness (QED) is 0.863. The predicted molar refractivity (Wildman–Crippen MR) is 64.4 cm³/mol. The summed E-state index contributed by atoms with van der Waals surface area (Å²) in [6.07, 6.45) is 0. The molecule has 0 saturated heterocycles. The van der Waals surface area contributed by atoms with Crippen LogP contribution >= 0.6 is 0 Å². The van der Waals surface area contributed by atoms with Gasteiger partial charge in [0.05, 0.1) is 5.56 Å². The van der Waals surface area contributed by atoms with Crippen molar-refractivity contribution in [2.75, 3.05) is 0 Å². The minimum absolute atomic E-state index is 0.151. The molecule has 18 heavy (non-hydrogen) atoms. The molecule has 0 amide bonds. The van der Waals surface area contributed by atoms with E-state index in [2.05, 4.69) is 0 Å². The first kappa shape index (κ1) is 12.6. The van der Waals surface area contributed by atoms with Gasteiger partial charge < -0.3 is 5.73 Å². The second-order valence-electron chi connectivity index (χ2n) is 4.16. The van der Waals surface area contributed by atoms with Crippen LogP contribution in [0.3, 0.4) is 0 Å². The molecule has 0 radical (unpaired) electrons. The van der Waals surface area contributed by atoms with Crippen molar-refractivity contribution in [2.45, 2.75) is 13.0 Å². The maximum Gasteiger partial charge on any atom is 0.136 e. The Kier molecular flexibility index (Phi) is 3.39. The molecule has 0 heterocycles. The zero-order valence-corrected chi connectivity index (χ0v) is 9.75. The summed E-state index contributed by atoms with van der Waals surface area (Å²) in [5.41, 5.74) is 6.67. The van der Waals surface area contributed by atoms with Crippen molar-refractivity contribution < 1.29 is 13.2 Å². The van der Waals surface area contributed by atoms with Gasteiger partial charge in [-0.25, -0.2) is 13.2 Å². The van der Waals surface area contributed by atoms with Crippen LogP contribution in [0, 0.1) is 17.5 Å². The van der Waals surface area contributed by atoms with E-state index in [9.17, 15) is 13.2 Å². The third-order valence-electron chi connectivity index (χ3n) is 2.73. The van der Waals surface area contributed by atoms with Crippen LogP contribution in [0.25, 0.3) is 11.1 Å². The van der Waals surface area contributed by atoms with Gasteiger partial charge in [0, 0.05) is 18.2 Å². The minimum Gasteiger partial charge on any atom is -0.324 e. The molecule has 2 rings (SSSR count).